The van der Waals surface area contributed by atoms with Gasteiger partial charge in [-0.2, -0.15) is 5.10 Å². The number of nitrogens with one attached hydrogen (secondary N) is 1. The summed E-state index contributed by atoms with van der Waals surface area (Å²) in [7, 11) is 1.30. The summed E-state index contributed by atoms with van der Waals surface area (Å²) in [5.74, 6) is -0.904. The van der Waals surface area contributed by atoms with E-state index in [4.69, 9.17) is 9.84 Å². The lowest BCUT2D eigenvalue weighted by Gasteiger charge is -2.27. The van der Waals surface area contributed by atoms with Crippen molar-refractivity contribution in [3.05, 3.63) is 82.4 Å². The summed E-state index contributed by atoms with van der Waals surface area (Å²) in [6.07, 6.45) is 10.1. The molecule has 2 aliphatic rings. The van der Waals surface area contributed by atoms with Gasteiger partial charge in [0.25, 0.3) is 5.91 Å². The topological polar surface area (TPSA) is 93.4 Å². The van der Waals surface area contributed by atoms with Gasteiger partial charge in [-0.25, -0.2) is 9.18 Å². The van der Waals surface area contributed by atoms with Gasteiger partial charge in [-0.1, -0.05) is 49.9 Å². The van der Waals surface area contributed by atoms with E-state index in [-0.39, 0.29) is 35.9 Å². The number of ether oxygens (including phenoxy) is 1. The average Bonchev–Trinajstić information content (AvgIpc) is 3.23. The highest BCUT2D eigenvalue weighted by atomic mass is 19.1. The molecular formula is C32H38FN3O4. The maximum Gasteiger partial charge on any atom is 0.328 e. The summed E-state index contributed by atoms with van der Waals surface area (Å²) in [6.45, 7) is 0. The fourth-order valence-corrected chi connectivity index (χ4v) is 6.35. The number of nitrogens with zero attached hydrogens (tertiary/aromatic N) is 2. The van der Waals surface area contributed by atoms with E-state index < -0.39 is 12.0 Å². The molecule has 8 heteroatoms. The van der Waals surface area contributed by atoms with Crippen molar-refractivity contribution in [2.45, 2.75) is 88.6 Å². The Hall–Kier alpha value is -3.68. The highest BCUT2D eigenvalue weighted by Gasteiger charge is 2.34. The van der Waals surface area contributed by atoms with Gasteiger partial charge in [0, 0.05) is 23.6 Å². The lowest BCUT2D eigenvalue weighted by atomic mass is 9.89. The smallest absolute Gasteiger partial charge is 0.328 e. The van der Waals surface area contributed by atoms with Crippen molar-refractivity contribution >= 4 is 11.9 Å². The minimum atomic E-state index is -0.897. The fourth-order valence-electron chi connectivity index (χ4n) is 6.35. The molecule has 212 valence electrons. The third-order valence-corrected chi connectivity index (χ3v) is 8.34. The van der Waals surface area contributed by atoms with Gasteiger partial charge >= 0.3 is 5.97 Å². The van der Waals surface area contributed by atoms with Crippen molar-refractivity contribution in [3.63, 3.8) is 0 Å². The van der Waals surface area contributed by atoms with Crippen molar-refractivity contribution < 1.29 is 23.8 Å². The third-order valence-electron chi connectivity index (χ3n) is 8.34. The van der Waals surface area contributed by atoms with Gasteiger partial charge in [-0.3, -0.25) is 9.48 Å². The molecule has 0 aliphatic heterocycles. The van der Waals surface area contributed by atoms with Gasteiger partial charge in [0.2, 0.25) is 0 Å². The zero-order valence-electron chi connectivity index (χ0n) is 23.1. The summed E-state index contributed by atoms with van der Waals surface area (Å²) in [5.41, 5.74) is 4.17. The lowest BCUT2D eigenvalue weighted by Crippen LogP contribution is -2.43. The maximum atomic E-state index is 14.0. The van der Waals surface area contributed by atoms with Crippen LogP contribution in [0, 0.1) is 5.82 Å². The highest BCUT2D eigenvalue weighted by molar-refractivity contribution is 5.96. The van der Waals surface area contributed by atoms with E-state index in [1.165, 1.54) is 19.6 Å². The first-order valence-electron chi connectivity index (χ1n) is 14.4. The number of phenols is 1. The maximum absolute atomic E-state index is 14.0. The molecule has 0 radical (unpaired) electrons. The molecule has 1 heterocycles. The van der Waals surface area contributed by atoms with Crippen LogP contribution >= 0.6 is 0 Å². The van der Waals surface area contributed by atoms with Crippen LogP contribution in [0.3, 0.4) is 0 Å². The van der Waals surface area contributed by atoms with Crippen LogP contribution in [0.25, 0.3) is 0 Å². The number of aromatic hydroxyl groups is 1. The molecule has 1 amide bonds. The molecule has 5 rings (SSSR count). The van der Waals surface area contributed by atoms with Gasteiger partial charge in [-0.15, -0.1) is 0 Å². The molecule has 0 saturated heterocycles. The second kappa shape index (κ2) is 12.7. The van der Waals surface area contributed by atoms with Gasteiger partial charge in [-0.05, 0) is 73.9 Å². The molecule has 1 saturated carbocycles. The van der Waals surface area contributed by atoms with Crippen LogP contribution < -0.4 is 5.32 Å². The molecule has 0 spiro atoms. The molecular weight excluding hydrogens is 509 g/mol. The molecule has 7 nitrogen and oxygen atoms in total. The van der Waals surface area contributed by atoms with Crippen LogP contribution in [-0.4, -0.2) is 39.9 Å². The number of aromatic nitrogens is 2. The number of hydrogen-bond acceptors (Lipinski definition) is 5. The average molecular weight is 548 g/mol. The standard InChI is InChI=1S/C32H38FN3O4/c1-40-32(39)28(20-21-14-16-26(37)17-15-21)34-31(38)29-27-13-6-5-9-23(18-22-8-7-10-24(33)19-22)30(27)36(35-29)25-11-3-2-4-12-25/h7-8,10,14-17,19,23,25,28,37H,2-6,9,11-13,18,20H2,1H3,(H,34,38)/t23?,28-/m1/s1. The number of carbonyl (C=O) groups excluding carboxylic acids is 2. The van der Waals surface area contributed by atoms with Gasteiger partial charge in [0.05, 0.1) is 13.2 Å². The molecule has 2 atom stereocenters. The van der Waals surface area contributed by atoms with Crippen LogP contribution in [0.5, 0.6) is 5.75 Å². The molecule has 2 N–H and O–H groups in total. The predicted octanol–water partition coefficient (Wildman–Crippen LogP) is 5.80. The number of benzene rings is 2. The first-order valence-corrected chi connectivity index (χ1v) is 14.4. The van der Waals surface area contributed by atoms with E-state index in [9.17, 15) is 19.1 Å². The number of fused-ring (bicyclic) bond motifs is 1. The number of rotatable bonds is 8. The molecule has 1 unspecified atom stereocenters. The van der Waals surface area contributed by atoms with Crippen molar-refractivity contribution in [1.29, 1.82) is 0 Å². The summed E-state index contributed by atoms with van der Waals surface area (Å²) >= 11 is 0. The third kappa shape index (κ3) is 6.37. The van der Waals surface area contributed by atoms with E-state index in [1.54, 1.807) is 36.4 Å². The number of esters is 1. The fraction of sp³-hybridized carbons (Fsp3) is 0.469. The van der Waals surface area contributed by atoms with Crippen molar-refractivity contribution in [2.24, 2.45) is 0 Å². The first-order chi connectivity index (χ1) is 19.4. The van der Waals surface area contributed by atoms with E-state index in [0.29, 0.717) is 12.1 Å². The van der Waals surface area contributed by atoms with Crippen molar-refractivity contribution in [3.8, 4) is 5.75 Å². The monoisotopic (exact) mass is 547 g/mol. The van der Waals surface area contributed by atoms with Crippen molar-refractivity contribution in [1.82, 2.24) is 15.1 Å². The Morgan fingerprint density at radius 1 is 1.05 bits per heavy atom. The second-order valence-corrected chi connectivity index (χ2v) is 11.1. The number of amides is 1. The molecule has 1 aromatic heterocycles. The quantitative estimate of drug-likeness (QED) is 0.275. The Bertz CT molecular complexity index is 1330. The Morgan fingerprint density at radius 2 is 1.80 bits per heavy atom. The van der Waals surface area contributed by atoms with Crippen LogP contribution in [0.15, 0.2) is 48.5 Å². The molecule has 0 bridgehead atoms. The summed E-state index contributed by atoms with van der Waals surface area (Å²) in [5, 5.41) is 17.5. The Balaban J connectivity index is 1.49. The highest BCUT2D eigenvalue weighted by Crippen LogP contribution is 2.39. The Kier molecular flexibility index (Phi) is 8.82. The minimum Gasteiger partial charge on any atom is -0.508 e. The molecule has 1 fully saturated rings. The second-order valence-electron chi connectivity index (χ2n) is 11.1. The van der Waals surface area contributed by atoms with Crippen LogP contribution in [-0.2, 0) is 28.8 Å². The largest absolute Gasteiger partial charge is 0.508 e. The van der Waals surface area contributed by atoms with Gasteiger partial charge < -0.3 is 15.2 Å². The molecule has 2 aliphatic carbocycles. The normalized spacial score (nSPS) is 18.4. The van der Waals surface area contributed by atoms with Crippen LogP contribution in [0.4, 0.5) is 4.39 Å². The number of carbonyl (C=O) groups is 2. The number of methoxy groups -OCH3 is 1. The van der Waals surface area contributed by atoms with E-state index in [0.717, 1.165) is 73.8 Å². The lowest BCUT2D eigenvalue weighted by molar-refractivity contribution is -0.142. The first kappa shape index (κ1) is 27.9. The van der Waals surface area contributed by atoms with Crippen LogP contribution in [0.2, 0.25) is 0 Å². The van der Waals surface area contributed by atoms with Crippen molar-refractivity contribution in [2.75, 3.05) is 7.11 Å². The molecule has 2 aromatic carbocycles. The van der Waals surface area contributed by atoms with E-state index in [2.05, 4.69) is 10.00 Å². The number of hydrogen-bond donors (Lipinski definition) is 2. The number of phenolic OH excluding ortho intramolecular Hbond substituents is 1. The molecule has 40 heavy (non-hydrogen) atoms. The van der Waals surface area contributed by atoms with Crippen LogP contribution in [0.1, 0.15) is 96.2 Å². The van der Waals surface area contributed by atoms with Gasteiger partial charge in [0.15, 0.2) is 5.69 Å². The Morgan fingerprint density at radius 3 is 2.52 bits per heavy atom. The van der Waals surface area contributed by atoms with E-state index in [1.807, 2.05) is 6.07 Å². The minimum absolute atomic E-state index is 0.128. The summed E-state index contributed by atoms with van der Waals surface area (Å²) in [4.78, 5) is 26.5. The number of halogens is 1. The summed E-state index contributed by atoms with van der Waals surface area (Å²) in [6, 6.07) is 12.7. The van der Waals surface area contributed by atoms with Gasteiger partial charge in [0.1, 0.15) is 17.6 Å². The SMILES string of the molecule is COC(=O)[C@@H](Cc1ccc(O)cc1)NC(=O)c1nn(C2CCCCC2)c2c1CCCCC2Cc1cccc(F)c1. The summed E-state index contributed by atoms with van der Waals surface area (Å²) < 4.78 is 21.2. The predicted molar refractivity (Wildman–Crippen MR) is 150 cm³/mol. The Labute approximate surface area is 234 Å². The zero-order chi connectivity index (χ0) is 28.1. The zero-order valence-corrected chi connectivity index (χ0v) is 23.1. The molecule has 3 aromatic rings. The van der Waals surface area contributed by atoms with E-state index >= 15 is 0 Å².